The van der Waals surface area contributed by atoms with Crippen LogP contribution in [0.5, 0.6) is 17.2 Å². The lowest BCUT2D eigenvalue weighted by molar-refractivity contribution is 0.0440. The highest BCUT2D eigenvalue weighted by molar-refractivity contribution is 5.81. The van der Waals surface area contributed by atoms with Crippen LogP contribution >= 0.6 is 0 Å². The van der Waals surface area contributed by atoms with Crippen molar-refractivity contribution < 1.29 is 28.5 Å². The first-order valence-electron chi connectivity index (χ1n) is 7.47. The molecule has 0 aromatic heterocycles. The van der Waals surface area contributed by atoms with E-state index in [4.69, 9.17) is 18.9 Å². The number of carbonyl (C=O) groups is 1. The van der Waals surface area contributed by atoms with E-state index in [2.05, 4.69) is 4.74 Å². The number of likely N-dealkylation sites (N-methyl/N-ethyl adjacent to an activating group) is 1. The van der Waals surface area contributed by atoms with E-state index in [-0.39, 0.29) is 0 Å². The summed E-state index contributed by atoms with van der Waals surface area (Å²) in [5.41, 5.74) is 1.55. The van der Waals surface area contributed by atoms with Crippen LogP contribution in [0.15, 0.2) is 18.2 Å². The molecule has 7 nitrogen and oxygen atoms in total. The minimum absolute atomic E-state index is 0.493. The van der Waals surface area contributed by atoms with Crippen molar-refractivity contribution >= 4 is 11.7 Å². The number of nitrogens with zero attached hydrogens (tertiary/aromatic N) is 1. The Hall–Kier alpha value is -2.41. The summed E-state index contributed by atoms with van der Waals surface area (Å²) in [4.78, 5) is 13.6. The Kier molecular flexibility index (Phi) is 5.92. The molecule has 1 aromatic rings. The largest absolute Gasteiger partial charge is 0.508 e. The van der Waals surface area contributed by atoms with Crippen molar-refractivity contribution in [3.05, 3.63) is 23.8 Å². The molecule has 0 amide bonds. The summed E-state index contributed by atoms with van der Waals surface area (Å²) in [5.74, 6) is 1.78. The van der Waals surface area contributed by atoms with E-state index < -0.39 is 12.3 Å². The van der Waals surface area contributed by atoms with Gasteiger partial charge in [0.1, 0.15) is 23.4 Å². The van der Waals surface area contributed by atoms with E-state index in [9.17, 15) is 4.79 Å². The first-order chi connectivity index (χ1) is 11.5. The smallest absolute Gasteiger partial charge is 0.496 e. The number of benzene rings is 1. The van der Waals surface area contributed by atoms with Crippen molar-refractivity contribution in [2.45, 2.75) is 6.10 Å². The number of hydrogen-bond donors (Lipinski definition) is 0. The molecule has 0 saturated carbocycles. The van der Waals surface area contributed by atoms with Crippen molar-refractivity contribution in [2.75, 3.05) is 48.6 Å². The maximum absolute atomic E-state index is 11.6. The normalized spacial score (nSPS) is 17.7. The average molecular weight is 337 g/mol. The number of carbonyl (C=O) groups excluding carboxylic acids is 1. The highest BCUT2D eigenvalue weighted by atomic mass is 16.7. The lowest BCUT2D eigenvalue weighted by Crippen LogP contribution is -2.37. The summed E-state index contributed by atoms with van der Waals surface area (Å²) in [6.45, 7) is 1.26. The third kappa shape index (κ3) is 3.73. The molecule has 0 unspecified atom stereocenters. The number of ether oxygens (including phenoxy) is 5. The Labute approximate surface area is 141 Å². The molecule has 0 fully saturated rings. The fraction of sp³-hybridized carbons (Fsp3) is 0.471. The molecule has 2 rings (SSSR count). The van der Waals surface area contributed by atoms with E-state index >= 15 is 0 Å². The lowest BCUT2D eigenvalue weighted by atomic mass is 9.95. The van der Waals surface area contributed by atoms with Crippen LogP contribution in [0.4, 0.5) is 4.79 Å². The van der Waals surface area contributed by atoms with Crippen LogP contribution < -0.4 is 14.2 Å². The average Bonchev–Trinajstić information content (AvgIpc) is 2.60. The van der Waals surface area contributed by atoms with Gasteiger partial charge in [-0.05, 0) is 7.05 Å². The van der Waals surface area contributed by atoms with Gasteiger partial charge >= 0.3 is 6.16 Å². The molecule has 1 aliphatic heterocycles. The highest BCUT2D eigenvalue weighted by Crippen LogP contribution is 2.41. The van der Waals surface area contributed by atoms with Gasteiger partial charge in [0, 0.05) is 30.8 Å². The molecule has 24 heavy (non-hydrogen) atoms. The van der Waals surface area contributed by atoms with E-state index in [1.165, 1.54) is 7.11 Å². The second kappa shape index (κ2) is 7.92. The Morgan fingerprint density at radius 3 is 2.21 bits per heavy atom. The predicted octanol–water partition coefficient (Wildman–Crippen LogP) is 2.19. The monoisotopic (exact) mass is 337 g/mol. The summed E-state index contributed by atoms with van der Waals surface area (Å²) in [7, 11) is 7.95. The molecule has 1 heterocycles. The standard InChI is InChI=1S/C17H23NO6/c1-18-7-6-12(15(10-18)24-17(19)23-5)16-13(21-3)8-11(20-2)9-14(16)22-4/h6,8-9,15H,7,10H2,1-5H3/t15-/m0/s1. The van der Waals surface area contributed by atoms with E-state index in [1.54, 1.807) is 33.5 Å². The zero-order valence-electron chi connectivity index (χ0n) is 14.6. The number of hydrogen-bond acceptors (Lipinski definition) is 7. The van der Waals surface area contributed by atoms with Gasteiger partial charge in [-0.25, -0.2) is 4.79 Å². The Morgan fingerprint density at radius 1 is 1.08 bits per heavy atom. The molecule has 7 heteroatoms. The zero-order chi connectivity index (χ0) is 17.7. The minimum atomic E-state index is -0.729. The Balaban J connectivity index is 2.52. The van der Waals surface area contributed by atoms with Crippen molar-refractivity contribution in [1.29, 1.82) is 0 Å². The second-order valence-electron chi connectivity index (χ2n) is 5.35. The van der Waals surface area contributed by atoms with Crippen molar-refractivity contribution in [3.63, 3.8) is 0 Å². The van der Waals surface area contributed by atoms with Crippen molar-refractivity contribution in [3.8, 4) is 17.2 Å². The van der Waals surface area contributed by atoms with E-state index in [0.29, 0.717) is 30.3 Å². The molecular formula is C17H23NO6. The van der Waals surface area contributed by atoms with E-state index in [1.807, 2.05) is 18.0 Å². The molecule has 0 N–H and O–H groups in total. The zero-order valence-corrected chi connectivity index (χ0v) is 14.6. The molecule has 1 aromatic carbocycles. The summed E-state index contributed by atoms with van der Waals surface area (Å²) >= 11 is 0. The lowest BCUT2D eigenvalue weighted by Gasteiger charge is -2.31. The van der Waals surface area contributed by atoms with Gasteiger partial charge in [-0.1, -0.05) is 6.08 Å². The highest BCUT2D eigenvalue weighted by Gasteiger charge is 2.30. The van der Waals surface area contributed by atoms with Gasteiger partial charge < -0.3 is 23.7 Å². The van der Waals surface area contributed by atoms with E-state index in [0.717, 1.165) is 11.1 Å². The molecule has 0 aliphatic carbocycles. The van der Waals surface area contributed by atoms with Gasteiger partial charge in [0.2, 0.25) is 0 Å². The van der Waals surface area contributed by atoms with Crippen LogP contribution in [0.2, 0.25) is 0 Å². The van der Waals surface area contributed by atoms with Crippen LogP contribution in [-0.4, -0.2) is 65.7 Å². The summed E-state index contributed by atoms with van der Waals surface area (Å²) < 4.78 is 26.3. The third-order valence-corrected chi connectivity index (χ3v) is 3.86. The molecular weight excluding hydrogens is 314 g/mol. The van der Waals surface area contributed by atoms with Gasteiger partial charge in [-0.3, -0.25) is 4.90 Å². The van der Waals surface area contributed by atoms with Gasteiger partial charge in [-0.2, -0.15) is 0 Å². The number of methoxy groups -OCH3 is 4. The molecule has 0 saturated heterocycles. The fourth-order valence-corrected chi connectivity index (χ4v) is 2.66. The quantitative estimate of drug-likeness (QED) is 0.763. The maximum atomic E-state index is 11.6. The third-order valence-electron chi connectivity index (χ3n) is 3.86. The van der Waals surface area contributed by atoms with Crippen molar-refractivity contribution in [2.24, 2.45) is 0 Å². The SMILES string of the molecule is COC(=O)O[C@H]1CN(C)CC=C1c1c(OC)cc(OC)cc1OC. The number of rotatable bonds is 5. The van der Waals surface area contributed by atoms with Crippen LogP contribution in [0, 0.1) is 0 Å². The van der Waals surface area contributed by atoms with Gasteiger partial charge in [0.05, 0.1) is 34.0 Å². The van der Waals surface area contributed by atoms with Gasteiger partial charge in [-0.15, -0.1) is 0 Å². The minimum Gasteiger partial charge on any atom is -0.496 e. The molecule has 132 valence electrons. The van der Waals surface area contributed by atoms with Crippen LogP contribution in [0.3, 0.4) is 0 Å². The predicted molar refractivity (Wildman–Crippen MR) is 88.9 cm³/mol. The summed E-state index contributed by atoms with van der Waals surface area (Å²) in [5, 5.41) is 0. The van der Waals surface area contributed by atoms with Crippen LogP contribution in [-0.2, 0) is 9.47 Å². The molecule has 0 spiro atoms. The second-order valence-corrected chi connectivity index (χ2v) is 5.35. The Bertz CT molecular complexity index is 603. The maximum Gasteiger partial charge on any atom is 0.508 e. The summed E-state index contributed by atoms with van der Waals surface area (Å²) in [6, 6.07) is 3.54. The van der Waals surface area contributed by atoms with Crippen LogP contribution in [0.1, 0.15) is 5.56 Å². The van der Waals surface area contributed by atoms with Gasteiger partial charge in [0.25, 0.3) is 0 Å². The molecule has 0 bridgehead atoms. The Morgan fingerprint density at radius 2 is 1.71 bits per heavy atom. The molecule has 1 aliphatic rings. The van der Waals surface area contributed by atoms with Crippen molar-refractivity contribution in [1.82, 2.24) is 4.90 Å². The molecule has 0 radical (unpaired) electrons. The topological polar surface area (TPSA) is 66.5 Å². The summed E-state index contributed by atoms with van der Waals surface area (Å²) in [6.07, 6.45) is 0.768. The fourth-order valence-electron chi connectivity index (χ4n) is 2.66. The van der Waals surface area contributed by atoms with Gasteiger partial charge in [0.15, 0.2) is 0 Å². The van der Waals surface area contributed by atoms with Crippen LogP contribution in [0.25, 0.3) is 5.57 Å². The first-order valence-corrected chi connectivity index (χ1v) is 7.47. The first kappa shape index (κ1) is 17.9. The molecule has 1 atom stereocenters.